The molecule has 2 N–H and O–H groups in total. The quantitative estimate of drug-likeness (QED) is 0.606. The first-order valence-corrected chi connectivity index (χ1v) is 6.01. The van der Waals surface area contributed by atoms with Crippen LogP contribution >= 0.6 is 0 Å². The molecule has 0 aromatic carbocycles. The number of hydrogen-bond acceptors (Lipinski definition) is 5. The highest BCUT2D eigenvalue weighted by atomic mass is 16.6. The fourth-order valence-corrected chi connectivity index (χ4v) is 1.54. The second kappa shape index (κ2) is 6.12. The van der Waals surface area contributed by atoms with Gasteiger partial charge in [-0.3, -0.25) is 10.1 Å². The van der Waals surface area contributed by atoms with Crippen LogP contribution in [0.15, 0.2) is 12.3 Å². The summed E-state index contributed by atoms with van der Waals surface area (Å²) in [5.74, 6) is -0.750. The summed E-state index contributed by atoms with van der Waals surface area (Å²) in [5, 5.41) is 22.7. The Kier molecular flexibility index (Phi) is 4.80. The molecule has 0 saturated carbocycles. The van der Waals surface area contributed by atoms with Crippen molar-refractivity contribution in [2.24, 2.45) is 5.92 Å². The van der Waals surface area contributed by atoms with E-state index in [1.54, 1.807) is 0 Å². The number of pyridine rings is 1. The van der Waals surface area contributed by atoms with Crippen LogP contribution in [-0.2, 0) is 0 Å². The van der Waals surface area contributed by atoms with E-state index >= 15 is 0 Å². The Bertz CT molecular complexity index is 490. The molecule has 7 nitrogen and oxygen atoms in total. The third-order valence-corrected chi connectivity index (χ3v) is 3.18. The topological polar surface area (TPSA) is 105 Å². The van der Waals surface area contributed by atoms with Crippen molar-refractivity contribution in [1.29, 1.82) is 0 Å². The molecule has 0 saturated heterocycles. The second-order valence-electron chi connectivity index (χ2n) is 4.47. The largest absolute Gasteiger partial charge is 0.478 e. The normalized spacial score (nSPS) is 13.6. The molecule has 7 heteroatoms. The molecule has 19 heavy (non-hydrogen) atoms. The number of nitro groups is 1. The van der Waals surface area contributed by atoms with Crippen molar-refractivity contribution in [2.75, 3.05) is 5.32 Å². The van der Waals surface area contributed by atoms with Gasteiger partial charge in [-0.25, -0.2) is 9.78 Å². The van der Waals surface area contributed by atoms with E-state index in [1.165, 1.54) is 0 Å². The summed E-state index contributed by atoms with van der Waals surface area (Å²) in [4.78, 5) is 24.9. The molecule has 0 amide bonds. The minimum atomic E-state index is -1.24. The van der Waals surface area contributed by atoms with Crippen molar-refractivity contribution < 1.29 is 14.8 Å². The Hall–Kier alpha value is -2.18. The molecule has 0 bridgehead atoms. The zero-order valence-corrected chi connectivity index (χ0v) is 11.1. The summed E-state index contributed by atoms with van der Waals surface area (Å²) < 4.78 is 0. The summed E-state index contributed by atoms with van der Waals surface area (Å²) in [6.07, 6.45) is 1.99. The monoisotopic (exact) mass is 267 g/mol. The Morgan fingerprint density at radius 3 is 2.68 bits per heavy atom. The molecule has 1 heterocycles. The van der Waals surface area contributed by atoms with Crippen molar-refractivity contribution in [3.05, 3.63) is 27.9 Å². The SMILES string of the molecule is CCC(C)C(C)Nc1ncc([N+](=O)[O-])cc1C(=O)O. The van der Waals surface area contributed by atoms with E-state index in [4.69, 9.17) is 5.11 Å². The maximum Gasteiger partial charge on any atom is 0.339 e. The summed E-state index contributed by atoms with van der Waals surface area (Å²) >= 11 is 0. The number of hydrogen-bond donors (Lipinski definition) is 2. The molecule has 1 aromatic rings. The Morgan fingerprint density at radius 1 is 1.58 bits per heavy atom. The Labute approximate surface area is 110 Å². The number of anilines is 1. The fraction of sp³-hybridized carbons (Fsp3) is 0.500. The molecule has 0 spiro atoms. The van der Waals surface area contributed by atoms with Crippen LogP contribution in [-0.4, -0.2) is 27.0 Å². The van der Waals surface area contributed by atoms with Gasteiger partial charge in [0.25, 0.3) is 5.69 Å². The van der Waals surface area contributed by atoms with Crippen LogP contribution in [0.3, 0.4) is 0 Å². The molecule has 2 unspecified atom stereocenters. The predicted octanol–water partition coefficient (Wildman–Crippen LogP) is 2.53. The first-order valence-electron chi connectivity index (χ1n) is 6.01. The molecule has 0 radical (unpaired) electrons. The van der Waals surface area contributed by atoms with Gasteiger partial charge in [0.2, 0.25) is 0 Å². The highest BCUT2D eigenvalue weighted by molar-refractivity contribution is 5.93. The molecule has 0 aliphatic rings. The van der Waals surface area contributed by atoms with Crippen LogP contribution < -0.4 is 5.32 Å². The van der Waals surface area contributed by atoms with E-state index in [9.17, 15) is 14.9 Å². The lowest BCUT2D eigenvalue weighted by molar-refractivity contribution is -0.385. The molecule has 1 rings (SSSR count). The third kappa shape index (κ3) is 3.64. The van der Waals surface area contributed by atoms with Crippen molar-refractivity contribution in [2.45, 2.75) is 33.2 Å². The molecule has 0 aliphatic heterocycles. The highest BCUT2D eigenvalue weighted by Crippen LogP contribution is 2.21. The van der Waals surface area contributed by atoms with Crippen molar-refractivity contribution in [3.63, 3.8) is 0 Å². The van der Waals surface area contributed by atoms with Crippen LogP contribution in [0.4, 0.5) is 11.5 Å². The smallest absolute Gasteiger partial charge is 0.339 e. The minimum absolute atomic E-state index is 0.0251. The van der Waals surface area contributed by atoms with E-state index in [0.29, 0.717) is 5.92 Å². The van der Waals surface area contributed by atoms with Gasteiger partial charge < -0.3 is 10.4 Å². The van der Waals surface area contributed by atoms with Gasteiger partial charge in [0.05, 0.1) is 4.92 Å². The first kappa shape index (κ1) is 14.9. The van der Waals surface area contributed by atoms with Crippen LogP contribution in [0.5, 0.6) is 0 Å². The Morgan fingerprint density at radius 2 is 2.21 bits per heavy atom. The van der Waals surface area contributed by atoms with Crippen molar-refractivity contribution in [1.82, 2.24) is 4.98 Å². The average molecular weight is 267 g/mol. The zero-order chi connectivity index (χ0) is 14.6. The number of rotatable bonds is 6. The summed E-state index contributed by atoms with van der Waals surface area (Å²) in [6, 6.07) is 1.04. The molecule has 2 atom stereocenters. The minimum Gasteiger partial charge on any atom is -0.478 e. The van der Waals surface area contributed by atoms with Gasteiger partial charge >= 0.3 is 5.97 Å². The predicted molar refractivity (Wildman–Crippen MR) is 70.4 cm³/mol. The van der Waals surface area contributed by atoms with Crippen molar-refractivity contribution >= 4 is 17.5 Å². The first-order chi connectivity index (χ1) is 8.86. The molecule has 104 valence electrons. The maximum absolute atomic E-state index is 11.1. The lowest BCUT2D eigenvalue weighted by Crippen LogP contribution is -2.25. The number of carboxylic acids is 1. The van der Waals surface area contributed by atoms with Gasteiger partial charge in [0.15, 0.2) is 0 Å². The zero-order valence-electron chi connectivity index (χ0n) is 11.1. The standard InChI is InChI=1S/C12H17N3O4/c1-4-7(2)8(3)14-11-10(12(16)17)5-9(6-13-11)15(18)19/h5-8H,4H2,1-3H3,(H,13,14)(H,16,17). The lowest BCUT2D eigenvalue weighted by atomic mass is 10.0. The highest BCUT2D eigenvalue weighted by Gasteiger charge is 2.20. The van der Waals surface area contributed by atoms with Gasteiger partial charge in [-0.2, -0.15) is 0 Å². The fourth-order valence-electron chi connectivity index (χ4n) is 1.54. The van der Waals surface area contributed by atoms with Crippen LogP contribution in [0, 0.1) is 16.0 Å². The Balaban J connectivity index is 3.07. The van der Waals surface area contributed by atoms with E-state index in [-0.39, 0.29) is 23.1 Å². The van der Waals surface area contributed by atoms with Crippen LogP contribution in [0.2, 0.25) is 0 Å². The van der Waals surface area contributed by atoms with Crippen molar-refractivity contribution in [3.8, 4) is 0 Å². The average Bonchev–Trinajstić information content (AvgIpc) is 2.37. The molecule has 0 aliphatic carbocycles. The van der Waals surface area contributed by atoms with Gasteiger partial charge in [0.1, 0.15) is 17.6 Å². The number of carbonyl (C=O) groups is 1. The van der Waals surface area contributed by atoms with E-state index in [1.807, 2.05) is 20.8 Å². The van der Waals surface area contributed by atoms with Gasteiger partial charge in [-0.05, 0) is 12.8 Å². The summed E-state index contributed by atoms with van der Waals surface area (Å²) in [7, 11) is 0. The van der Waals surface area contributed by atoms with Gasteiger partial charge in [-0.1, -0.05) is 20.3 Å². The molecular weight excluding hydrogens is 250 g/mol. The van der Waals surface area contributed by atoms with E-state index < -0.39 is 10.9 Å². The number of aromatic carboxylic acids is 1. The number of carboxylic acid groups (broad SMARTS) is 1. The van der Waals surface area contributed by atoms with Gasteiger partial charge in [0, 0.05) is 12.1 Å². The molecule has 1 aromatic heterocycles. The summed E-state index contributed by atoms with van der Waals surface area (Å²) in [6.45, 7) is 5.98. The van der Waals surface area contributed by atoms with Gasteiger partial charge in [-0.15, -0.1) is 0 Å². The van der Waals surface area contributed by atoms with E-state index in [2.05, 4.69) is 10.3 Å². The lowest BCUT2D eigenvalue weighted by Gasteiger charge is -2.21. The second-order valence-corrected chi connectivity index (χ2v) is 4.47. The van der Waals surface area contributed by atoms with Crippen LogP contribution in [0.25, 0.3) is 0 Å². The number of nitrogens with one attached hydrogen (secondary N) is 1. The van der Waals surface area contributed by atoms with E-state index in [0.717, 1.165) is 18.7 Å². The number of aromatic nitrogens is 1. The number of nitrogens with zero attached hydrogens (tertiary/aromatic N) is 2. The third-order valence-electron chi connectivity index (χ3n) is 3.18. The molecule has 0 fully saturated rings. The summed E-state index contributed by atoms with van der Waals surface area (Å²) in [5.41, 5.74) is -0.525. The van der Waals surface area contributed by atoms with Crippen LogP contribution in [0.1, 0.15) is 37.6 Å². The molecular formula is C12H17N3O4. The maximum atomic E-state index is 11.1.